The largest absolute Gasteiger partial charge is 0.385 e. The van der Waals surface area contributed by atoms with Crippen LogP contribution < -0.4 is 0 Å². The topological polar surface area (TPSA) is 124 Å². The highest BCUT2D eigenvalue weighted by Crippen LogP contribution is 2.35. The van der Waals surface area contributed by atoms with Crippen LogP contribution in [0.3, 0.4) is 0 Å². The molecule has 0 spiro atoms. The Hall–Kier alpha value is -5.12. The summed E-state index contributed by atoms with van der Waals surface area (Å²) in [4.78, 5) is 0. The van der Waals surface area contributed by atoms with Crippen LogP contribution in [-0.4, -0.2) is 84.8 Å². The molecule has 2 saturated heterocycles. The van der Waals surface area contributed by atoms with E-state index in [-0.39, 0.29) is 46.2 Å². The van der Waals surface area contributed by atoms with Crippen LogP contribution >= 0.6 is 0 Å². The summed E-state index contributed by atoms with van der Waals surface area (Å²) in [6, 6.07) is 59.0. The normalized spacial score (nSPS) is 25.6. The summed E-state index contributed by atoms with van der Waals surface area (Å²) in [7, 11) is 0. The van der Waals surface area contributed by atoms with Gasteiger partial charge in [-0.15, -0.1) is 0 Å². The van der Waals surface area contributed by atoms with Gasteiger partial charge in [-0.25, -0.2) is 0 Å². The highest BCUT2D eigenvalue weighted by molar-refractivity contribution is 5.18. The van der Waals surface area contributed by atoms with E-state index in [9.17, 15) is 10.2 Å². The van der Waals surface area contributed by atoms with Gasteiger partial charge in [-0.2, -0.15) is 0 Å². The second-order valence-electron chi connectivity index (χ2n) is 16.2. The lowest BCUT2D eigenvalue weighted by Crippen LogP contribution is -2.66. The van der Waals surface area contributed by atoms with Crippen molar-refractivity contribution in [3.63, 3.8) is 0 Å². The molecule has 0 unspecified atom stereocenters. The molecule has 2 N–H and O–H groups in total. The molecule has 2 aliphatic heterocycles. The summed E-state index contributed by atoms with van der Waals surface area (Å²) in [5.74, 6) is 0. The van der Waals surface area contributed by atoms with Gasteiger partial charge in [0.25, 0.3) is 0 Å². The molecule has 11 heteroatoms. The minimum atomic E-state index is -1.59. The Morgan fingerprint density at radius 1 is 0.338 bits per heavy atom. The summed E-state index contributed by atoms with van der Waals surface area (Å²) in [6.07, 6.45) is -10.4. The van der Waals surface area contributed by atoms with Crippen LogP contribution in [0, 0.1) is 0 Å². The summed E-state index contributed by atoms with van der Waals surface area (Å²) in [6.45, 7) is 1.55. The number of hydrogen-bond donors (Lipinski definition) is 2. The molecule has 65 heavy (non-hydrogen) atoms. The molecule has 0 aliphatic carbocycles. The van der Waals surface area contributed by atoms with Gasteiger partial charge in [0.2, 0.25) is 0 Å². The summed E-state index contributed by atoms with van der Waals surface area (Å²) < 4.78 is 60.1. The van der Waals surface area contributed by atoms with Gasteiger partial charge in [0.15, 0.2) is 12.6 Å². The fourth-order valence-corrected chi connectivity index (χ4v) is 8.04. The summed E-state index contributed by atoms with van der Waals surface area (Å²) in [5.41, 5.74) is 5.70. The van der Waals surface area contributed by atoms with Crippen LogP contribution in [0.15, 0.2) is 182 Å². The zero-order valence-corrected chi connectivity index (χ0v) is 36.3. The fourth-order valence-electron chi connectivity index (χ4n) is 8.04. The monoisotopic (exact) mass is 882 g/mol. The van der Waals surface area contributed by atoms with E-state index < -0.39 is 61.4 Å². The Balaban J connectivity index is 1.15. The van der Waals surface area contributed by atoms with E-state index in [2.05, 4.69) is 0 Å². The SMILES string of the molecule is O[C@@H]1[C@@H](OCc2ccccc2)[C@H](O[C@H]2O[C@H](COCc3ccccc3)[C@@H](OCc3ccccc3)[C@H](OCc3ccccc3)[C@H]2OCc2ccccc2)[C@@H](COCc2ccccc2)O[C@@H]1O. The van der Waals surface area contributed by atoms with Crippen LogP contribution in [0.1, 0.15) is 33.4 Å². The molecule has 0 amide bonds. The number of ether oxygens (including phenoxy) is 9. The maximum Gasteiger partial charge on any atom is 0.187 e. The first kappa shape index (κ1) is 46.4. The van der Waals surface area contributed by atoms with Gasteiger partial charge >= 0.3 is 0 Å². The first-order valence-corrected chi connectivity index (χ1v) is 22.3. The quantitative estimate of drug-likeness (QED) is 0.0691. The van der Waals surface area contributed by atoms with Gasteiger partial charge in [-0.3, -0.25) is 0 Å². The number of aliphatic hydroxyl groups excluding tert-OH is 2. The lowest BCUT2D eigenvalue weighted by atomic mass is 9.96. The van der Waals surface area contributed by atoms with Crippen molar-refractivity contribution in [1.29, 1.82) is 0 Å². The van der Waals surface area contributed by atoms with Crippen LogP contribution in [0.25, 0.3) is 0 Å². The Morgan fingerprint density at radius 2 is 0.662 bits per heavy atom. The fraction of sp³-hybridized carbons (Fsp3) is 0.333. The third kappa shape index (κ3) is 13.5. The van der Waals surface area contributed by atoms with Crippen molar-refractivity contribution in [2.75, 3.05) is 13.2 Å². The predicted molar refractivity (Wildman–Crippen MR) is 243 cm³/mol. The predicted octanol–water partition coefficient (Wildman–Crippen LogP) is 7.95. The van der Waals surface area contributed by atoms with Gasteiger partial charge in [0, 0.05) is 0 Å². The summed E-state index contributed by atoms with van der Waals surface area (Å²) >= 11 is 0. The molecule has 8 rings (SSSR count). The minimum absolute atomic E-state index is 0.00282. The van der Waals surface area contributed by atoms with Crippen molar-refractivity contribution < 1.29 is 52.8 Å². The molecule has 2 heterocycles. The molecule has 2 aliphatic rings. The van der Waals surface area contributed by atoms with E-state index in [1.54, 1.807) is 0 Å². The highest BCUT2D eigenvalue weighted by Gasteiger charge is 2.53. The smallest absolute Gasteiger partial charge is 0.187 e. The lowest BCUT2D eigenvalue weighted by molar-refractivity contribution is -0.371. The molecular formula is C54H58O11. The first-order valence-electron chi connectivity index (χ1n) is 22.3. The van der Waals surface area contributed by atoms with Crippen molar-refractivity contribution in [3.05, 3.63) is 215 Å². The van der Waals surface area contributed by atoms with Gasteiger partial charge in [-0.05, 0) is 33.4 Å². The lowest BCUT2D eigenvalue weighted by Gasteiger charge is -2.49. The van der Waals surface area contributed by atoms with Gasteiger partial charge < -0.3 is 52.8 Å². The Labute approximate surface area is 381 Å². The second-order valence-corrected chi connectivity index (χ2v) is 16.2. The van der Waals surface area contributed by atoms with Crippen LogP contribution in [0.2, 0.25) is 0 Å². The van der Waals surface area contributed by atoms with Gasteiger partial charge in [0.1, 0.15) is 48.8 Å². The standard InChI is InChI=1S/C54H58O11/c55-47-50(60-34-42-25-13-4-14-26-42)49(46(63-53(47)56)38-58-32-40-21-9-2-10-22-40)65-54-52(62-36-44-29-17-6-18-30-44)51(61-35-43-27-15-5-16-28-43)48(59-33-41-23-11-3-12-24-41)45(64-54)37-57-31-39-19-7-1-8-20-39/h1-30,45-56H,31-38H2/t45-,46-,47-,48-,49-,50-,51+,52-,53+,54-/m1/s1. The van der Waals surface area contributed by atoms with E-state index in [0.29, 0.717) is 6.61 Å². The average Bonchev–Trinajstić information content (AvgIpc) is 3.35. The molecule has 340 valence electrons. The highest BCUT2D eigenvalue weighted by atomic mass is 16.7. The van der Waals surface area contributed by atoms with Gasteiger partial charge in [0.05, 0.1) is 52.9 Å². The molecule has 10 atom stereocenters. The number of hydrogen-bond acceptors (Lipinski definition) is 11. The Kier molecular flexibility index (Phi) is 17.4. The minimum Gasteiger partial charge on any atom is -0.385 e. The molecule has 0 radical (unpaired) electrons. The molecule has 6 aromatic rings. The van der Waals surface area contributed by atoms with Crippen LogP contribution in [-0.2, 0) is 82.3 Å². The molecule has 0 bridgehead atoms. The molecule has 6 aromatic carbocycles. The second kappa shape index (κ2) is 24.4. The van der Waals surface area contributed by atoms with E-state index in [4.69, 9.17) is 42.6 Å². The van der Waals surface area contributed by atoms with Crippen molar-refractivity contribution in [2.24, 2.45) is 0 Å². The number of rotatable bonds is 22. The molecular weight excluding hydrogens is 825 g/mol. The van der Waals surface area contributed by atoms with Crippen molar-refractivity contribution >= 4 is 0 Å². The van der Waals surface area contributed by atoms with Crippen molar-refractivity contribution in [1.82, 2.24) is 0 Å². The van der Waals surface area contributed by atoms with E-state index in [1.165, 1.54) is 0 Å². The maximum atomic E-state index is 11.7. The van der Waals surface area contributed by atoms with Crippen molar-refractivity contribution in [2.45, 2.75) is 101 Å². The molecule has 11 nitrogen and oxygen atoms in total. The molecule has 0 aromatic heterocycles. The Morgan fingerprint density at radius 3 is 1.06 bits per heavy atom. The Bertz CT molecular complexity index is 2210. The maximum absolute atomic E-state index is 11.7. The molecule has 0 saturated carbocycles. The van der Waals surface area contributed by atoms with Gasteiger partial charge in [-0.1, -0.05) is 182 Å². The van der Waals surface area contributed by atoms with E-state index in [0.717, 1.165) is 33.4 Å². The zero-order chi connectivity index (χ0) is 44.5. The van der Waals surface area contributed by atoms with E-state index >= 15 is 0 Å². The average molecular weight is 883 g/mol. The third-order valence-electron chi connectivity index (χ3n) is 11.4. The van der Waals surface area contributed by atoms with Crippen LogP contribution in [0.5, 0.6) is 0 Å². The summed E-state index contributed by atoms with van der Waals surface area (Å²) in [5, 5.41) is 22.8. The number of aliphatic hydroxyl groups is 2. The van der Waals surface area contributed by atoms with Crippen LogP contribution in [0.4, 0.5) is 0 Å². The zero-order valence-electron chi connectivity index (χ0n) is 36.3. The van der Waals surface area contributed by atoms with E-state index in [1.807, 2.05) is 182 Å². The molecule has 2 fully saturated rings. The first-order chi connectivity index (χ1) is 32.1. The third-order valence-corrected chi connectivity index (χ3v) is 11.4. The number of benzene rings is 6. The van der Waals surface area contributed by atoms with Crippen molar-refractivity contribution in [3.8, 4) is 0 Å².